The first-order chi connectivity index (χ1) is 11.6. The number of fused-ring (bicyclic) bond motifs is 5. The molecule has 0 saturated heterocycles. The van der Waals surface area contributed by atoms with Crippen LogP contribution in [0.1, 0.15) is 19.4 Å². The van der Waals surface area contributed by atoms with Crippen molar-refractivity contribution in [2.75, 3.05) is 6.61 Å². The first-order valence-electron chi connectivity index (χ1n) is 8.45. The summed E-state index contributed by atoms with van der Waals surface area (Å²) in [5.74, 6) is 0.0527. The van der Waals surface area contributed by atoms with Crippen molar-refractivity contribution < 1.29 is 19.1 Å². The van der Waals surface area contributed by atoms with Crippen molar-refractivity contribution in [1.82, 2.24) is 0 Å². The van der Waals surface area contributed by atoms with E-state index >= 15 is 0 Å². The fourth-order valence-corrected chi connectivity index (χ4v) is 4.64. The highest BCUT2D eigenvalue weighted by atomic mass is 16.5. The Morgan fingerprint density at radius 2 is 1.71 bits per heavy atom. The summed E-state index contributed by atoms with van der Waals surface area (Å²) >= 11 is 0. The smallest absolute Gasteiger partial charge is 0.334 e. The molecule has 0 aliphatic heterocycles. The summed E-state index contributed by atoms with van der Waals surface area (Å²) in [7, 11) is 0. The van der Waals surface area contributed by atoms with Crippen molar-refractivity contribution in [3.8, 4) is 0 Å². The van der Waals surface area contributed by atoms with Gasteiger partial charge < -0.3 is 9.47 Å². The van der Waals surface area contributed by atoms with Crippen molar-refractivity contribution in [3.63, 3.8) is 0 Å². The quantitative estimate of drug-likeness (QED) is 0.631. The number of hydrogen-bond donors (Lipinski definition) is 0. The van der Waals surface area contributed by atoms with Crippen LogP contribution in [0.25, 0.3) is 5.57 Å². The van der Waals surface area contributed by atoms with Crippen molar-refractivity contribution in [2.24, 2.45) is 23.7 Å². The third-order valence-corrected chi connectivity index (χ3v) is 5.37. The largest absolute Gasteiger partial charge is 0.463 e. The van der Waals surface area contributed by atoms with Gasteiger partial charge in [0.1, 0.15) is 6.10 Å². The van der Waals surface area contributed by atoms with E-state index in [2.05, 4.69) is 12.2 Å². The molecule has 24 heavy (non-hydrogen) atoms. The van der Waals surface area contributed by atoms with E-state index in [0.29, 0.717) is 6.61 Å². The third kappa shape index (κ3) is 2.05. The second-order valence-electron chi connectivity index (χ2n) is 6.58. The lowest BCUT2D eigenvalue weighted by Crippen LogP contribution is -2.37. The zero-order chi connectivity index (χ0) is 16.8. The number of ether oxygens (including phenoxy) is 2. The maximum atomic E-state index is 12.5. The first-order valence-corrected chi connectivity index (χ1v) is 8.45. The number of esters is 2. The van der Waals surface area contributed by atoms with E-state index < -0.39 is 0 Å². The van der Waals surface area contributed by atoms with Crippen LogP contribution in [-0.4, -0.2) is 24.6 Å². The normalized spacial score (nSPS) is 32.3. The topological polar surface area (TPSA) is 52.6 Å². The average Bonchev–Trinajstić information content (AvgIpc) is 3.00. The van der Waals surface area contributed by atoms with Crippen LogP contribution >= 0.6 is 0 Å². The monoisotopic (exact) mass is 324 g/mol. The molecule has 3 aliphatic rings. The van der Waals surface area contributed by atoms with Crippen LogP contribution in [0.3, 0.4) is 0 Å². The number of carbonyl (C=O) groups excluding carboxylic acids is 2. The molecule has 0 aromatic heterocycles. The van der Waals surface area contributed by atoms with Crippen molar-refractivity contribution in [3.05, 3.63) is 53.6 Å². The van der Waals surface area contributed by atoms with Crippen LogP contribution in [0, 0.1) is 23.7 Å². The minimum absolute atomic E-state index is 0.0794. The molecular formula is C20H20O4. The lowest BCUT2D eigenvalue weighted by molar-refractivity contribution is -0.148. The van der Waals surface area contributed by atoms with E-state index in [9.17, 15) is 9.59 Å². The molecule has 0 radical (unpaired) electrons. The zero-order valence-corrected chi connectivity index (χ0v) is 13.8. The predicted molar refractivity (Wildman–Crippen MR) is 88.6 cm³/mol. The maximum Gasteiger partial charge on any atom is 0.334 e. The Hall–Kier alpha value is -2.36. The summed E-state index contributed by atoms with van der Waals surface area (Å²) in [6.07, 6.45) is 4.08. The summed E-state index contributed by atoms with van der Waals surface area (Å²) in [5.41, 5.74) is 2.89. The van der Waals surface area contributed by atoms with E-state index in [1.165, 1.54) is 6.92 Å². The molecule has 4 heteroatoms. The van der Waals surface area contributed by atoms with E-state index in [4.69, 9.17) is 9.47 Å². The molecule has 5 atom stereocenters. The molecule has 0 amide bonds. The summed E-state index contributed by atoms with van der Waals surface area (Å²) in [6, 6.07) is 9.98. The van der Waals surface area contributed by atoms with Gasteiger partial charge in [-0.05, 0) is 18.1 Å². The summed E-state index contributed by atoms with van der Waals surface area (Å²) in [6.45, 7) is 3.62. The molecule has 1 aromatic carbocycles. The van der Waals surface area contributed by atoms with E-state index in [1.807, 2.05) is 37.3 Å². The van der Waals surface area contributed by atoms with Gasteiger partial charge in [-0.2, -0.15) is 0 Å². The van der Waals surface area contributed by atoms with Gasteiger partial charge in [0.2, 0.25) is 0 Å². The number of hydrogen-bond acceptors (Lipinski definition) is 4. The van der Waals surface area contributed by atoms with Crippen LogP contribution < -0.4 is 0 Å². The van der Waals surface area contributed by atoms with Crippen LogP contribution in [0.2, 0.25) is 0 Å². The highest BCUT2D eigenvalue weighted by Crippen LogP contribution is 2.64. The summed E-state index contributed by atoms with van der Waals surface area (Å²) < 4.78 is 10.9. The molecule has 2 bridgehead atoms. The molecule has 1 saturated carbocycles. The molecular weight excluding hydrogens is 304 g/mol. The summed E-state index contributed by atoms with van der Waals surface area (Å²) in [5, 5.41) is 0. The Balaban J connectivity index is 1.74. The molecule has 124 valence electrons. The number of allylic oxidation sites excluding steroid dienone is 1. The fourth-order valence-electron chi connectivity index (χ4n) is 4.64. The molecule has 1 aromatic rings. The molecule has 3 aliphatic carbocycles. The summed E-state index contributed by atoms with van der Waals surface area (Å²) in [4.78, 5) is 24.0. The Morgan fingerprint density at radius 1 is 1.04 bits per heavy atom. The van der Waals surface area contributed by atoms with Gasteiger partial charge in [-0.1, -0.05) is 42.5 Å². The number of benzene rings is 1. The highest BCUT2D eigenvalue weighted by molar-refractivity contribution is 6.03. The Kier molecular flexibility index (Phi) is 3.56. The second-order valence-corrected chi connectivity index (χ2v) is 6.58. The molecule has 0 spiro atoms. The lowest BCUT2D eigenvalue weighted by Gasteiger charge is -2.41. The predicted octanol–water partition coefficient (Wildman–Crippen LogP) is 3.00. The Labute approximate surface area is 141 Å². The van der Waals surface area contributed by atoms with Crippen molar-refractivity contribution >= 4 is 17.5 Å². The van der Waals surface area contributed by atoms with Gasteiger partial charge in [-0.15, -0.1) is 0 Å². The van der Waals surface area contributed by atoms with E-state index in [-0.39, 0.29) is 41.7 Å². The standard InChI is InChI=1S/C20H20O4/c1-3-23-20(22)18-15(12-7-5-4-6-8-12)16-13-9-10-14(17(16)18)19(13)24-11(2)21/h4-10,13-14,16-17,19H,3H2,1-2H3/t13-,14+,16+,17+,19-/m1/s1. The maximum absolute atomic E-state index is 12.5. The molecule has 0 heterocycles. The third-order valence-electron chi connectivity index (χ3n) is 5.37. The van der Waals surface area contributed by atoms with Crippen LogP contribution in [0.15, 0.2) is 48.1 Å². The van der Waals surface area contributed by atoms with Crippen LogP contribution in [0.5, 0.6) is 0 Å². The fraction of sp³-hybridized carbons (Fsp3) is 0.400. The lowest BCUT2D eigenvalue weighted by atomic mass is 9.61. The molecule has 0 unspecified atom stereocenters. The average molecular weight is 324 g/mol. The van der Waals surface area contributed by atoms with Crippen LogP contribution in [-0.2, 0) is 19.1 Å². The van der Waals surface area contributed by atoms with E-state index in [1.54, 1.807) is 0 Å². The van der Waals surface area contributed by atoms with Crippen LogP contribution in [0.4, 0.5) is 0 Å². The van der Waals surface area contributed by atoms with Gasteiger partial charge in [-0.3, -0.25) is 4.79 Å². The minimum Gasteiger partial charge on any atom is -0.463 e. The molecule has 4 rings (SSSR count). The van der Waals surface area contributed by atoms with Crippen molar-refractivity contribution in [2.45, 2.75) is 20.0 Å². The zero-order valence-electron chi connectivity index (χ0n) is 13.8. The van der Waals surface area contributed by atoms with Gasteiger partial charge >= 0.3 is 11.9 Å². The van der Waals surface area contributed by atoms with Gasteiger partial charge in [0, 0.05) is 36.2 Å². The SMILES string of the molecule is CCOC(=O)C1=C(c2ccccc2)[C@@H]2[C@H]3C=C[C@H]([C@@H]3OC(C)=O)[C@H]12. The number of rotatable bonds is 4. The molecule has 1 fully saturated rings. The highest BCUT2D eigenvalue weighted by Gasteiger charge is 2.63. The number of carbonyl (C=O) groups is 2. The Bertz CT molecular complexity index is 746. The van der Waals surface area contributed by atoms with Gasteiger partial charge in [0.15, 0.2) is 0 Å². The minimum atomic E-state index is -0.265. The molecule has 4 nitrogen and oxygen atoms in total. The first kappa shape index (κ1) is 15.2. The van der Waals surface area contributed by atoms with Gasteiger partial charge in [0.25, 0.3) is 0 Å². The van der Waals surface area contributed by atoms with E-state index in [0.717, 1.165) is 16.7 Å². The Morgan fingerprint density at radius 3 is 2.33 bits per heavy atom. The van der Waals surface area contributed by atoms with Crippen molar-refractivity contribution in [1.29, 1.82) is 0 Å². The van der Waals surface area contributed by atoms with Gasteiger partial charge in [-0.25, -0.2) is 4.79 Å². The molecule has 0 N–H and O–H groups in total. The second kappa shape index (κ2) is 5.62. The van der Waals surface area contributed by atoms with Gasteiger partial charge in [0.05, 0.1) is 6.61 Å².